The lowest BCUT2D eigenvalue weighted by Gasteiger charge is -2.33. The second-order valence-corrected chi connectivity index (χ2v) is 15.0. The molecular formula is C52H36N4O. The van der Waals surface area contributed by atoms with Crippen molar-refractivity contribution in [3.63, 3.8) is 0 Å². The minimum atomic E-state index is -0.148. The Morgan fingerprint density at radius 2 is 1.07 bits per heavy atom. The first kappa shape index (κ1) is 32.0. The third kappa shape index (κ3) is 4.99. The maximum atomic E-state index is 6.81. The van der Waals surface area contributed by atoms with Crippen molar-refractivity contribution in [2.24, 2.45) is 0 Å². The van der Waals surface area contributed by atoms with Crippen LogP contribution in [0.1, 0.15) is 28.9 Å². The van der Waals surface area contributed by atoms with Gasteiger partial charge in [0.05, 0.1) is 28.1 Å². The highest BCUT2D eigenvalue weighted by Gasteiger charge is 2.26. The summed E-state index contributed by atoms with van der Waals surface area (Å²) >= 11 is 0. The van der Waals surface area contributed by atoms with Gasteiger partial charge in [-0.15, -0.1) is 0 Å². The number of hydrogen-bond donors (Lipinski definition) is 2. The van der Waals surface area contributed by atoms with Crippen LogP contribution < -0.4 is 10.6 Å². The van der Waals surface area contributed by atoms with E-state index in [0.29, 0.717) is 0 Å². The molecule has 57 heavy (non-hydrogen) atoms. The van der Waals surface area contributed by atoms with Crippen LogP contribution in [0, 0.1) is 0 Å². The van der Waals surface area contributed by atoms with Gasteiger partial charge in [0.25, 0.3) is 0 Å². The molecule has 0 saturated carbocycles. The van der Waals surface area contributed by atoms with Gasteiger partial charge in [-0.05, 0) is 77.4 Å². The van der Waals surface area contributed by atoms with Crippen LogP contribution >= 0.6 is 0 Å². The molecule has 4 heterocycles. The molecule has 1 aliphatic rings. The summed E-state index contributed by atoms with van der Waals surface area (Å²) < 4.78 is 11.6. The number of hydrogen-bond acceptors (Lipinski definition) is 3. The van der Waals surface area contributed by atoms with Crippen molar-refractivity contribution in [3.8, 4) is 11.4 Å². The molecule has 2 N–H and O–H groups in total. The molecule has 2 atom stereocenters. The van der Waals surface area contributed by atoms with Crippen LogP contribution in [-0.4, -0.2) is 9.13 Å². The Morgan fingerprint density at radius 3 is 1.89 bits per heavy atom. The average Bonchev–Trinajstić information content (AvgIpc) is 3.94. The predicted molar refractivity (Wildman–Crippen MR) is 235 cm³/mol. The number of furan rings is 1. The molecule has 1 aliphatic heterocycles. The van der Waals surface area contributed by atoms with Crippen LogP contribution in [0.4, 0.5) is 0 Å². The summed E-state index contributed by atoms with van der Waals surface area (Å²) in [6.45, 7) is 0. The first-order valence-electron chi connectivity index (χ1n) is 19.6. The second kappa shape index (κ2) is 12.6. The van der Waals surface area contributed by atoms with Gasteiger partial charge in [0.15, 0.2) is 5.58 Å². The predicted octanol–water partition coefficient (Wildman–Crippen LogP) is 12.8. The molecule has 8 aromatic carbocycles. The SMILES string of the molecule is C1=C(c2ccccc2)NC(c2cccc(-n3c4cc5c6ccccc6n(-c6ccccc6)c5cc4c4ccc5c6ccccc6oc5c43)c2)NC1c1ccccc1. The fraction of sp³-hybridized carbons (Fsp3) is 0.0385. The molecule has 5 nitrogen and oxygen atoms in total. The Hall–Kier alpha value is -7.34. The van der Waals surface area contributed by atoms with E-state index in [2.05, 4.69) is 208 Å². The van der Waals surface area contributed by atoms with Gasteiger partial charge in [-0.2, -0.15) is 0 Å². The van der Waals surface area contributed by atoms with Crippen molar-refractivity contribution in [2.45, 2.75) is 12.2 Å². The van der Waals surface area contributed by atoms with Crippen LogP contribution in [0.25, 0.3) is 82.6 Å². The van der Waals surface area contributed by atoms with E-state index < -0.39 is 0 Å². The molecule has 270 valence electrons. The zero-order chi connectivity index (χ0) is 37.5. The molecule has 0 spiro atoms. The number of rotatable bonds is 5. The van der Waals surface area contributed by atoms with Crippen molar-refractivity contribution >= 4 is 71.2 Å². The lowest BCUT2D eigenvalue weighted by molar-refractivity contribution is 0.442. The number of fused-ring (bicyclic) bond motifs is 10. The Bertz CT molecular complexity index is 3360. The largest absolute Gasteiger partial charge is 0.454 e. The van der Waals surface area contributed by atoms with E-state index in [1.165, 1.54) is 32.8 Å². The summed E-state index contributed by atoms with van der Waals surface area (Å²) in [5.74, 6) is 0. The minimum Gasteiger partial charge on any atom is -0.454 e. The Kier molecular flexibility index (Phi) is 7.06. The number of aromatic nitrogens is 2. The maximum Gasteiger partial charge on any atom is 0.160 e. The topological polar surface area (TPSA) is 47.1 Å². The Balaban J connectivity index is 1.11. The second-order valence-electron chi connectivity index (χ2n) is 15.0. The monoisotopic (exact) mass is 732 g/mol. The number of nitrogens with one attached hydrogen (secondary N) is 2. The highest BCUT2D eigenvalue weighted by molar-refractivity contribution is 6.24. The fourth-order valence-electron chi connectivity index (χ4n) is 9.18. The molecule has 0 radical (unpaired) electrons. The van der Waals surface area contributed by atoms with Gasteiger partial charge >= 0.3 is 0 Å². The van der Waals surface area contributed by atoms with Crippen LogP contribution in [0.2, 0.25) is 0 Å². The van der Waals surface area contributed by atoms with Gasteiger partial charge < -0.3 is 18.9 Å². The van der Waals surface area contributed by atoms with Crippen molar-refractivity contribution in [1.29, 1.82) is 0 Å². The average molecular weight is 733 g/mol. The van der Waals surface area contributed by atoms with E-state index in [0.717, 1.165) is 66.6 Å². The van der Waals surface area contributed by atoms with Gasteiger partial charge in [0.2, 0.25) is 0 Å². The molecule has 0 aliphatic carbocycles. The first-order valence-corrected chi connectivity index (χ1v) is 19.6. The number of nitrogens with zero attached hydrogens (tertiary/aromatic N) is 2. The normalized spacial score (nSPS) is 15.9. The van der Waals surface area contributed by atoms with E-state index in [1.54, 1.807) is 0 Å². The number of benzene rings is 8. The van der Waals surface area contributed by atoms with E-state index in [1.807, 2.05) is 6.07 Å². The third-order valence-electron chi connectivity index (χ3n) is 11.8. The molecule has 5 heteroatoms. The smallest absolute Gasteiger partial charge is 0.160 e. The minimum absolute atomic E-state index is 0.0231. The van der Waals surface area contributed by atoms with Gasteiger partial charge in [0.1, 0.15) is 11.7 Å². The summed E-state index contributed by atoms with van der Waals surface area (Å²) in [7, 11) is 0. The third-order valence-corrected chi connectivity index (χ3v) is 11.8. The highest BCUT2D eigenvalue weighted by Crippen LogP contribution is 2.44. The molecular weight excluding hydrogens is 697 g/mol. The molecule has 2 unspecified atom stereocenters. The summed E-state index contributed by atoms with van der Waals surface area (Å²) in [5.41, 5.74) is 13.2. The lowest BCUT2D eigenvalue weighted by atomic mass is 9.98. The molecule has 0 fully saturated rings. The van der Waals surface area contributed by atoms with Crippen LogP contribution in [0.3, 0.4) is 0 Å². The van der Waals surface area contributed by atoms with Crippen LogP contribution in [0.5, 0.6) is 0 Å². The van der Waals surface area contributed by atoms with E-state index in [4.69, 9.17) is 4.42 Å². The Labute approximate surface area is 328 Å². The Morgan fingerprint density at radius 1 is 0.439 bits per heavy atom. The van der Waals surface area contributed by atoms with E-state index >= 15 is 0 Å². The molecule has 12 rings (SSSR count). The van der Waals surface area contributed by atoms with Crippen molar-refractivity contribution in [3.05, 3.63) is 211 Å². The quantitative estimate of drug-likeness (QED) is 0.185. The summed E-state index contributed by atoms with van der Waals surface area (Å²) in [6.07, 6.45) is 2.15. The zero-order valence-electron chi connectivity index (χ0n) is 30.9. The lowest BCUT2D eigenvalue weighted by Crippen LogP contribution is -2.39. The van der Waals surface area contributed by atoms with Crippen LogP contribution in [-0.2, 0) is 0 Å². The van der Waals surface area contributed by atoms with Crippen molar-refractivity contribution in [1.82, 2.24) is 19.8 Å². The molecule has 0 bridgehead atoms. The summed E-state index contributed by atoms with van der Waals surface area (Å²) in [5, 5.41) is 14.8. The van der Waals surface area contributed by atoms with E-state index in [9.17, 15) is 0 Å². The van der Waals surface area contributed by atoms with Crippen molar-refractivity contribution in [2.75, 3.05) is 0 Å². The van der Waals surface area contributed by atoms with Gasteiger partial charge in [-0.3, -0.25) is 5.32 Å². The fourth-order valence-corrected chi connectivity index (χ4v) is 9.18. The highest BCUT2D eigenvalue weighted by atomic mass is 16.3. The zero-order valence-corrected chi connectivity index (χ0v) is 30.9. The number of para-hydroxylation sites is 3. The molecule has 11 aromatic rings. The van der Waals surface area contributed by atoms with E-state index in [-0.39, 0.29) is 12.2 Å². The summed E-state index contributed by atoms with van der Waals surface area (Å²) in [4.78, 5) is 0. The van der Waals surface area contributed by atoms with Gasteiger partial charge in [-0.25, -0.2) is 0 Å². The molecule has 0 amide bonds. The van der Waals surface area contributed by atoms with Gasteiger partial charge in [0, 0.05) is 49.4 Å². The van der Waals surface area contributed by atoms with Gasteiger partial charge in [-0.1, -0.05) is 133 Å². The molecule has 0 saturated heterocycles. The van der Waals surface area contributed by atoms with Crippen LogP contribution in [0.15, 0.2) is 199 Å². The van der Waals surface area contributed by atoms with Crippen molar-refractivity contribution < 1.29 is 4.42 Å². The first-order chi connectivity index (χ1) is 28.3. The molecule has 3 aromatic heterocycles. The standard InChI is InChI=1S/C52H36N4O/c1-4-15-33(16-5-1)44-32-45(34-17-6-2-7-18-34)54-52(53-44)35-19-14-22-37(29-35)56-48-30-42-38-23-10-12-25-46(38)55(36-20-8-3-9-21-36)47(42)31-43(48)40-27-28-41-39-24-11-13-26-49(39)57-51(41)50(40)56/h1-32,44,52-54H. The summed E-state index contributed by atoms with van der Waals surface area (Å²) in [6, 6.07) is 67.4. The maximum absolute atomic E-state index is 6.81.